The van der Waals surface area contributed by atoms with E-state index >= 15 is 0 Å². The summed E-state index contributed by atoms with van der Waals surface area (Å²) in [5, 5.41) is 5.75. The first-order valence-electron chi connectivity index (χ1n) is 11.6. The van der Waals surface area contributed by atoms with Crippen LogP contribution in [0.1, 0.15) is 55.8 Å². The lowest BCUT2D eigenvalue weighted by atomic mass is 9.79. The van der Waals surface area contributed by atoms with Gasteiger partial charge in [-0.15, -0.1) is 0 Å². The number of hydrogen-bond acceptors (Lipinski definition) is 6. The van der Waals surface area contributed by atoms with Crippen LogP contribution in [0.4, 0.5) is 0 Å². The molecular weight excluding hydrogens is 410 g/mol. The zero-order chi connectivity index (χ0) is 22.8. The van der Waals surface area contributed by atoms with Crippen LogP contribution in [0, 0.1) is 0 Å². The SMILES string of the molecule is CC(CC(=O)OCC(=O)NCC1(N2CCOCC2)CCCCC1)NC(=O)c1ccccc1. The smallest absolute Gasteiger partial charge is 0.308 e. The maximum absolute atomic E-state index is 12.4. The van der Waals surface area contributed by atoms with E-state index in [0.29, 0.717) is 12.1 Å². The van der Waals surface area contributed by atoms with Crippen molar-refractivity contribution in [3.63, 3.8) is 0 Å². The van der Waals surface area contributed by atoms with Crippen molar-refractivity contribution >= 4 is 17.8 Å². The first-order chi connectivity index (χ1) is 15.5. The Morgan fingerprint density at radius 2 is 1.78 bits per heavy atom. The van der Waals surface area contributed by atoms with Crippen LogP contribution in [-0.4, -0.2) is 73.7 Å². The topological polar surface area (TPSA) is 97.0 Å². The normalized spacial score (nSPS) is 19.5. The molecular formula is C24H35N3O5. The summed E-state index contributed by atoms with van der Waals surface area (Å²) >= 11 is 0. The molecule has 2 fully saturated rings. The lowest BCUT2D eigenvalue weighted by molar-refractivity contribution is -0.149. The molecule has 1 unspecified atom stereocenters. The Morgan fingerprint density at radius 3 is 2.47 bits per heavy atom. The third-order valence-electron chi connectivity index (χ3n) is 6.33. The zero-order valence-electron chi connectivity index (χ0n) is 18.9. The van der Waals surface area contributed by atoms with Crippen molar-refractivity contribution in [3.05, 3.63) is 35.9 Å². The van der Waals surface area contributed by atoms with E-state index < -0.39 is 12.0 Å². The van der Waals surface area contributed by atoms with Gasteiger partial charge in [-0.2, -0.15) is 0 Å². The van der Waals surface area contributed by atoms with Crippen molar-refractivity contribution in [2.45, 2.75) is 57.0 Å². The predicted octanol–water partition coefficient (Wildman–Crippen LogP) is 1.89. The highest BCUT2D eigenvalue weighted by atomic mass is 16.5. The Morgan fingerprint density at radius 1 is 1.09 bits per heavy atom. The molecule has 2 aliphatic rings. The highest BCUT2D eigenvalue weighted by molar-refractivity contribution is 5.94. The van der Waals surface area contributed by atoms with Crippen LogP contribution >= 0.6 is 0 Å². The second-order valence-corrected chi connectivity index (χ2v) is 8.77. The number of benzene rings is 1. The monoisotopic (exact) mass is 445 g/mol. The zero-order valence-corrected chi connectivity index (χ0v) is 18.9. The average Bonchev–Trinajstić information content (AvgIpc) is 2.83. The summed E-state index contributed by atoms with van der Waals surface area (Å²) in [6, 6.07) is 8.41. The highest BCUT2D eigenvalue weighted by Gasteiger charge is 2.38. The van der Waals surface area contributed by atoms with E-state index in [-0.39, 0.29) is 30.4 Å². The van der Waals surface area contributed by atoms with Crippen molar-refractivity contribution < 1.29 is 23.9 Å². The number of ether oxygens (including phenoxy) is 2. The molecule has 1 aliphatic carbocycles. The van der Waals surface area contributed by atoms with Gasteiger partial charge < -0.3 is 20.1 Å². The van der Waals surface area contributed by atoms with Gasteiger partial charge in [-0.3, -0.25) is 19.3 Å². The maximum Gasteiger partial charge on any atom is 0.308 e. The summed E-state index contributed by atoms with van der Waals surface area (Å²) < 4.78 is 10.6. The number of hydrogen-bond donors (Lipinski definition) is 2. The number of amides is 2. The molecule has 2 amide bonds. The fraction of sp³-hybridized carbons (Fsp3) is 0.625. The minimum absolute atomic E-state index is 0.00354. The maximum atomic E-state index is 12.4. The first kappa shape index (κ1) is 24.2. The molecule has 0 bridgehead atoms. The van der Waals surface area contributed by atoms with Gasteiger partial charge in [-0.05, 0) is 31.9 Å². The molecule has 1 aliphatic heterocycles. The van der Waals surface area contributed by atoms with Crippen LogP contribution in [-0.2, 0) is 19.1 Å². The van der Waals surface area contributed by atoms with Gasteiger partial charge in [0.25, 0.3) is 11.8 Å². The quantitative estimate of drug-likeness (QED) is 0.564. The van der Waals surface area contributed by atoms with Crippen molar-refractivity contribution in [2.24, 2.45) is 0 Å². The molecule has 0 aromatic heterocycles. The van der Waals surface area contributed by atoms with Crippen LogP contribution < -0.4 is 10.6 Å². The van der Waals surface area contributed by atoms with Crippen LogP contribution in [0.15, 0.2) is 30.3 Å². The fourth-order valence-corrected chi connectivity index (χ4v) is 4.57. The summed E-state index contributed by atoms with van der Waals surface area (Å²) in [6.45, 7) is 5.22. The van der Waals surface area contributed by atoms with E-state index in [1.165, 1.54) is 6.42 Å². The number of esters is 1. The number of nitrogens with one attached hydrogen (secondary N) is 2. The van der Waals surface area contributed by atoms with E-state index in [9.17, 15) is 14.4 Å². The van der Waals surface area contributed by atoms with Gasteiger partial charge >= 0.3 is 5.97 Å². The lowest BCUT2D eigenvalue weighted by Crippen LogP contribution is -2.59. The van der Waals surface area contributed by atoms with Gasteiger partial charge in [-0.1, -0.05) is 37.5 Å². The summed E-state index contributed by atoms with van der Waals surface area (Å²) in [7, 11) is 0. The summed E-state index contributed by atoms with van der Waals surface area (Å²) in [5.41, 5.74) is 0.502. The lowest BCUT2D eigenvalue weighted by Gasteiger charge is -2.48. The minimum Gasteiger partial charge on any atom is -0.456 e. The largest absolute Gasteiger partial charge is 0.456 e. The summed E-state index contributed by atoms with van der Waals surface area (Å²) in [5.74, 6) is -1.05. The van der Waals surface area contributed by atoms with E-state index in [4.69, 9.17) is 9.47 Å². The van der Waals surface area contributed by atoms with Crippen LogP contribution in [0.2, 0.25) is 0 Å². The average molecular weight is 446 g/mol. The molecule has 8 heteroatoms. The number of nitrogens with zero attached hydrogens (tertiary/aromatic N) is 1. The summed E-state index contributed by atoms with van der Waals surface area (Å²) in [6.07, 6.45) is 5.68. The number of carbonyl (C=O) groups excluding carboxylic acids is 3. The van der Waals surface area contributed by atoms with E-state index in [1.54, 1.807) is 31.2 Å². The van der Waals surface area contributed by atoms with Gasteiger partial charge in [0, 0.05) is 36.8 Å². The van der Waals surface area contributed by atoms with Crippen LogP contribution in [0.3, 0.4) is 0 Å². The number of rotatable bonds is 9. The van der Waals surface area contributed by atoms with Crippen LogP contribution in [0.5, 0.6) is 0 Å². The molecule has 1 saturated heterocycles. The molecule has 32 heavy (non-hydrogen) atoms. The van der Waals surface area contributed by atoms with Crippen molar-refractivity contribution in [1.29, 1.82) is 0 Å². The second-order valence-electron chi connectivity index (χ2n) is 8.77. The molecule has 1 atom stereocenters. The molecule has 0 spiro atoms. The predicted molar refractivity (Wildman–Crippen MR) is 120 cm³/mol. The molecule has 1 heterocycles. The molecule has 8 nitrogen and oxygen atoms in total. The standard InChI is InChI=1S/C24H35N3O5/c1-19(26-23(30)20-8-4-2-5-9-20)16-22(29)32-17-21(28)25-18-24(10-6-3-7-11-24)27-12-14-31-15-13-27/h2,4-5,8-9,19H,3,6-7,10-18H2,1H3,(H,25,28)(H,26,30). The van der Waals surface area contributed by atoms with Gasteiger partial charge in [0.1, 0.15) is 0 Å². The fourth-order valence-electron chi connectivity index (χ4n) is 4.57. The van der Waals surface area contributed by atoms with E-state index in [1.807, 2.05) is 6.07 Å². The molecule has 1 aromatic carbocycles. The molecule has 0 radical (unpaired) electrons. The van der Waals surface area contributed by atoms with E-state index in [2.05, 4.69) is 15.5 Å². The number of carbonyl (C=O) groups is 3. The van der Waals surface area contributed by atoms with Crippen molar-refractivity contribution in [1.82, 2.24) is 15.5 Å². The van der Waals surface area contributed by atoms with Crippen LogP contribution in [0.25, 0.3) is 0 Å². The Balaban J connectivity index is 1.39. The Bertz CT molecular complexity index is 758. The van der Waals surface area contributed by atoms with Gasteiger partial charge in [0.05, 0.1) is 19.6 Å². The molecule has 176 valence electrons. The third-order valence-corrected chi connectivity index (χ3v) is 6.33. The van der Waals surface area contributed by atoms with Crippen molar-refractivity contribution in [3.8, 4) is 0 Å². The molecule has 1 saturated carbocycles. The van der Waals surface area contributed by atoms with Gasteiger partial charge in [-0.25, -0.2) is 0 Å². The molecule has 2 N–H and O–H groups in total. The Labute approximate surface area is 190 Å². The minimum atomic E-state index is -0.512. The highest BCUT2D eigenvalue weighted by Crippen LogP contribution is 2.33. The van der Waals surface area contributed by atoms with E-state index in [0.717, 1.165) is 52.0 Å². The first-order valence-corrected chi connectivity index (χ1v) is 11.6. The Hall–Kier alpha value is -2.45. The molecule has 1 aromatic rings. The van der Waals surface area contributed by atoms with Gasteiger partial charge in [0.2, 0.25) is 0 Å². The third kappa shape index (κ3) is 7.03. The van der Waals surface area contributed by atoms with Gasteiger partial charge in [0.15, 0.2) is 6.61 Å². The van der Waals surface area contributed by atoms with Crippen molar-refractivity contribution in [2.75, 3.05) is 39.5 Å². The number of morpholine rings is 1. The molecule has 3 rings (SSSR count). The Kier molecular flexibility index (Phi) is 9.05. The summed E-state index contributed by atoms with van der Waals surface area (Å²) in [4.78, 5) is 39.1. The second kappa shape index (κ2) is 12.0.